The maximum atomic E-state index is 9.89. The fraction of sp³-hybridized carbons (Fsp3) is 0.625. The maximum Gasteiger partial charge on any atom is 0.120 e. The van der Waals surface area contributed by atoms with E-state index in [4.69, 9.17) is 0 Å². The Labute approximate surface area is 56.8 Å². The first-order chi connectivity index (χ1) is 4.31. The van der Waals surface area contributed by atoms with Crippen molar-refractivity contribution in [2.45, 2.75) is 26.7 Å². The van der Waals surface area contributed by atoms with Crippen molar-refractivity contribution in [3.8, 4) is 0 Å². The monoisotopic (exact) mass is 126 g/mol. The molecule has 0 aliphatic heterocycles. The molecule has 0 saturated carbocycles. The van der Waals surface area contributed by atoms with E-state index in [2.05, 4.69) is 13.0 Å². The zero-order chi connectivity index (χ0) is 7.11. The molecule has 0 aliphatic carbocycles. The lowest BCUT2D eigenvalue weighted by Gasteiger charge is -1.99. The molecule has 0 aromatic heterocycles. The van der Waals surface area contributed by atoms with Gasteiger partial charge in [-0.3, -0.25) is 0 Å². The van der Waals surface area contributed by atoms with E-state index in [9.17, 15) is 4.79 Å². The van der Waals surface area contributed by atoms with Crippen LogP contribution in [0.2, 0.25) is 0 Å². The molecule has 0 radical (unpaired) electrons. The fourth-order valence-electron chi connectivity index (χ4n) is 0.756. The first-order valence-electron chi connectivity index (χ1n) is 3.37. The first-order valence-corrected chi connectivity index (χ1v) is 3.37. The van der Waals surface area contributed by atoms with Crippen LogP contribution in [0.15, 0.2) is 12.2 Å². The van der Waals surface area contributed by atoms with Gasteiger partial charge in [0, 0.05) is 6.42 Å². The molecule has 1 nitrogen and oxygen atoms in total. The van der Waals surface area contributed by atoms with E-state index in [1.165, 1.54) is 0 Å². The van der Waals surface area contributed by atoms with Gasteiger partial charge in [-0.05, 0) is 19.3 Å². The first kappa shape index (κ1) is 8.41. The van der Waals surface area contributed by atoms with Crippen molar-refractivity contribution in [3.05, 3.63) is 12.2 Å². The summed E-state index contributed by atoms with van der Waals surface area (Å²) in [6.07, 6.45) is 6.78. The summed E-state index contributed by atoms with van der Waals surface area (Å²) in [7, 11) is 0. The summed E-state index contributed by atoms with van der Waals surface area (Å²) in [5.74, 6) is 0.556. The lowest BCUT2D eigenvalue weighted by molar-refractivity contribution is -0.108. The van der Waals surface area contributed by atoms with Crippen molar-refractivity contribution in [1.82, 2.24) is 0 Å². The lowest BCUT2D eigenvalue weighted by atomic mass is 10.1. The van der Waals surface area contributed by atoms with E-state index in [0.29, 0.717) is 12.3 Å². The molecule has 52 valence electrons. The zero-order valence-corrected chi connectivity index (χ0v) is 6.13. The third-order valence-corrected chi connectivity index (χ3v) is 1.26. The predicted octanol–water partition coefficient (Wildman–Crippen LogP) is 2.18. The highest BCUT2D eigenvalue weighted by Crippen LogP contribution is 2.04. The van der Waals surface area contributed by atoms with Gasteiger partial charge < -0.3 is 4.79 Å². The van der Waals surface area contributed by atoms with Crippen molar-refractivity contribution < 1.29 is 4.79 Å². The average Bonchev–Trinajstić information content (AvgIpc) is 1.85. The van der Waals surface area contributed by atoms with Crippen LogP contribution in [0.5, 0.6) is 0 Å². The number of carbonyl (C=O) groups is 1. The van der Waals surface area contributed by atoms with Gasteiger partial charge >= 0.3 is 0 Å². The normalized spacial score (nSPS) is 14.0. The zero-order valence-electron chi connectivity index (χ0n) is 6.13. The molecule has 0 fully saturated rings. The summed E-state index contributed by atoms with van der Waals surface area (Å²) in [5, 5.41) is 0. The second-order valence-corrected chi connectivity index (χ2v) is 2.25. The van der Waals surface area contributed by atoms with E-state index in [1.54, 1.807) is 0 Å². The van der Waals surface area contributed by atoms with Crippen molar-refractivity contribution in [3.63, 3.8) is 0 Å². The number of aldehydes is 1. The highest BCUT2D eigenvalue weighted by Gasteiger charge is 1.93. The number of allylic oxidation sites excluding steroid dienone is 2. The molecule has 0 rings (SSSR count). The Kier molecular flexibility index (Phi) is 5.18. The Hall–Kier alpha value is -0.590. The number of carbonyl (C=O) groups excluding carboxylic acids is 1. The minimum Gasteiger partial charge on any atom is -0.303 e. The number of hydrogen-bond donors (Lipinski definition) is 0. The molecular formula is C8H14O. The van der Waals surface area contributed by atoms with Crippen LogP contribution in [0, 0.1) is 5.92 Å². The van der Waals surface area contributed by atoms with Crippen LogP contribution in [0.4, 0.5) is 0 Å². The average molecular weight is 126 g/mol. The van der Waals surface area contributed by atoms with Crippen LogP contribution in [0.3, 0.4) is 0 Å². The van der Waals surface area contributed by atoms with Crippen molar-refractivity contribution in [2.24, 2.45) is 5.92 Å². The Morgan fingerprint density at radius 1 is 1.56 bits per heavy atom. The third-order valence-electron chi connectivity index (χ3n) is 1.26. The molecule has 0 aromatic carbocycles. The summed E-state index contributed by atoms with van der Waals surface area (Å²) >= 11 is 0. The Morgan fingerprint density at radius 3 is 2.67 bits per heavy atom. The molecule has 0 amide bonds. The molecule has 9 heavy (non-hydrogen) atoms. The van der Waals surface area contributed by atoms with Crippen LogP contribution in [-0.2, 0) is 4.79 Å². The molecular weight excluding hydrogens is 112 g/mol. The molecule has 0 heterocycles. The second kappa shape index (κ2) is 5.54. The summed E-state index contributed by atoms with van der Waals surface area (Å²) in [4.78, 5) is 9.89. The standard InChI is InChI=1S/C8H14O/c1-3-5-8(2)6-4-7-9/h3,5,7-8H,4,6H2,1-2H3/b5-3+/t8-/m1/s1. The van der Waals surface area contributed by atoms with Crippen LogP contribution >= 0.6 is 0 Å². The quantitative estimate of drug-likeness (QED) is 0.417. The van der Waals surface area contributed by atoms with Gasteiger partial charge in [0.25, 0.3) is 0 Å². The molecule has 0 bridgehead atoms. The molecule has 0 unspecified atom stereocenters. The summed E-state index contributed by atoms with van der Waals surface area (Å²) in [6, 6.07) is 0. The van der Waals surface area contributed by atoms with Gasteiger partial charge in [-0.25, -0.2) is 0 Å². The van der Waals surface area contributed by atoms with Crippen LogP contribution in [0.25, 0.3) is 0 Å². The van der Waals surface area contributed by atoms with Gasteiger partial charge in [0.2, 0.25) is 0 Å². The molecule has 0 saturated heterocycles. The fourth-order valence-corrected chi connectivity index (χ4v) is 0.756. The van der Waals surface area contributed by atoms with Crippen LogP contribution in [-0.4, -0.2) is 6.29 Å². The largest absolute Gasteiger partial charge is 0.303 e. The van der Waals surface area contributed by atoms with E-state index >= 15 is 0 Å². The SMILES string of the molecule is C/C=C/[C@@H](C)CCC=O. The Bertz CT molecular complexity index is 94.7. The second-order valence-electron chi connectivity index (χ2n) is 2.25. The van der Waals surface area contributed by atoms with Crippen molar-refractivity contribution in [2.75, 3.05) is 0 Å². The van der Waals surface area contributed by atoms with Crippen molar-refractivity contribution >= 4 is 6.29 Å². The Balaban J connectivity index is 3.25. The van der Waals surface area contributed by atoms with Crippen LogP contribution in [0.1, 0.15) is 26.7 Å². The molecule has 0 aromatic rings. The molecule has 0 spiro atoms. The van der Waals surface area contributed by atoms with Gasteiger partial charge in [0.1, 0.15) is 6.29 Å². The summed E-state index contributed by atoms with van der Waals surface area (Å²) in [5.41, 5.74) is 0. The van der Waals surface area contributed by atoms with E-state index in [0.717, 1.165) is 12.7 Å². The summed E-state index contributed by atoms with van der Waals surface area (Å²) in [6.45, 7) is 4.11. The Morgan fingerprint density at radius 2 is 2.22 bits per heavy atom. The molecule has 0 N–H and O–H groups in total. The molecule has 1 heteroatoms. The highest BCUT2D eigenvalue weighted by molar-refractivity contribution is 5.49. The highest BCUT2D eigenvalue weighted by atomic mass is 16.1. The maximum absolute atomic E-state index is 9.89. The minimum atomic E-state index is 0.556. The smallest absolute Gasteiger partial charge is 0.120 e. The number of rotatable bonds is 4. The van der Waals surface area contributed by atoms with Gasteiger partial charge in [0.15, 0.2) is 0 Å². The minimum absolute atomic E-state index is 0.556. The van der Waals surface area contributed by atoms with Gasteiger partial charge in [-0.2, -0.15) is 0 Å². The van der Waals surface area contributed by atoms with E-state index in [1.807, 2.05) is 13.0 Å². The molecule has 1 atom stereocenters. The van der Waals surface area contributed by atoms with E-state index in [-0.39, 0.29) is 0 Å². The topological polar surface area (TPSA) is 17.1 Å². The van der Waals surface area contributed by atoms with Gasteiger partial charge in [-0.15, -0.1) is 0 Å². The van der Waals surface area contributed by atoms with Gasteiger partial charge in [-0.1, -0.05) is 19.1 Å². The van der Waals surface area contributed by atoms with Gasteiger partial charge in [0.05, 0.1) is 0 Å². The van der Waals surface area contributed by atoms with Crippen molar-refractivity contribution in [1.29, 1.82) is 0 Å². The summed E-state index contributed by atoms with van der Waals surface area (Å²) < 4.78 is 0. The van der Waals surface area contributed by atoms with Crippen LogP contribution < -0.4 is 0 Å². The van der Waals surface area contributed by atoms with E-state index < -0.39 is 0 Å². The third kappa shape index (κ3) is 5.28. The number of hydrogen-bond acceptors (Lipinski definition) is 1. The lowest BCUT2D eigenvalue weighted by Crippen LogP contribution is -1.88. The predicted molar refractivity (Wildman–Crippen MR) is 39.3 cm³/mol. The molecule has 0 aliphatic rings.